The van der Waals surface area contributed by atoms with E-state index in [0.717, 1.165) is 38.3 Å². The maximum absolute atomic E-state index is 13.4. The first-order chi connectivity index (χ1) is 16.6. The van der Waals surface area contributed by atoms with Crippen LogP contribution in [0.3, 0.4) is 0 Å². The van der Waals surface area contributed by atoms with Crippen molar-refractivity contribution >= 4 is 44.0 Å². The van der Waals surface area contributed by atoms with Gasteiger partial charge >= 0.3 is 0 Å². The van der Waals surface area contributed by atoms with Gasteiger partial charge in [0.15, 0.2) is 6.10 Å². The first-order valence-corrected chi connectivity index (χ1v) is 11.0. The minimum Gasteiger partial charge on any atom is -0.481 e. The summed E-state index contributed by atoms with van der Waals surface area (Å²) in [5.74, 6) is 0.343. The maximum Gasteiger partial charge on any atom is 0.263 e. The summed E-state index contributed by atoms with van der Waals surface area (Å²) in [6.45, 7) is 2.12. The molecule has 1 amide bonds. The zero-order valence-electron chi connectivity index (χ0n) is 18.4. The third kappa shape index (κ3) is 3.13. The van der Waals surface area contributed by atoms with Crippen molar-refractivity contribution in [1.29, 1.82) is 0 Å². The highest BCUT2D eigenvalue weighted by Crippen LogP contribution is 2.34. The first kappa shape index (κ1) is 20.1. The number of nitrogens with one attached hydrogen (secondary N) is 1. The van der Waals surface area contributed by atoms with Gasteiger partial charge in [-0.2, -0.15) is 0 Å². The molecule has 4 heterocycles. The number of hydrogen-bond donors (Lipinski definition) is 1. The summed E-state index contributed by atoms with van der Waals surface area (Å²) in [6, 6.07) is 18.7. The zero-order valence-corrected chi connectivity index (χ0v) is 18.4. The highest BCUT2D eigenvalue weighted by molar-refractivity contribution is 6.18. The van der Waals surface area contributed by atoms with Crippen LogP contribution in [0.1, 0.15) is 12.5 Å². The molecule has 0 radical (unpaired) electrons. The third-order valence-corrected chi connectivity index (χ3v) is 6.16. The Bertz CT molecular complexity index is 1740. The van der Waals surface area contributed by atoms with Crippen LogP contribution in [0.4, 0.5) is 0 Å². The van der Waals surface area contributed by atoms with E-state index >= 15 is 0 Å². The predicted molar refractivity (Wildman–Crippen MR) is 131 cm³/mol. The highest BCUT2D eigenvalue weighted by Gasteiger charge is 2.19. The number of ether oxygens (including phenoxy) is 1. The molecule has 6 rings (SSSR count). The lowest BCUT2D eigenvalue weighted by Gasteiger charge is -2.15. The third-order valence-electron chi connectivity index (χ3n) is 6.16. The van der Waals surface area contributed by atoms with E-state index in [0.29, 0.717) is 17.7 Å². The van der Waals surface area contributed by atoms with Crippen molar-refractivity contribution in [2.45, 2.75) is 19.6 Å². The minimum atomic E-state index is -0.688. The second-order valence-corrected chi connectivity index (χ2v) is 8.25. The zero-order chi connectivity index (χ0) is 23.2. The molecule has 0 spiro atoms. The number of hydrogen-bond acceptors (Lipinski definition) is 5. The smallest absolute Gasteiger partial charge is 0.263 e. The molecule has 0 saturated heterocycles. The molecule has 4 aromatic heterocycles. The van der Waals surface area contributed by atoms with Gasteiger partial charge in [0.25, 0.3) is 11.5 Å². The van der Waals surface area contributed by atoms with Crippen molar-refractivity contribution in [2.75, 3.05) is 0 Å². The molecular formula is C27H20N4O3. The molecule has 1 atom stereocenters. The van der Waals surface area contributed by atoms with Crippen LogP contribution < -0.4 is 15.6 Å². The Kier molecular flexibility index (Phi) is 4.62. The summed E-state index contributed by atoms with van der Waals surface area (Å²) in [6.07, 6.45) is 4.45. The fraction of sp³-hybridized carbons (Fsp3) is 0.111. The van der Waals surface area contributed by atoms with Crippen LogP contribution in [-0.4, -0.2) is 26.4 Å². The largest absolute Gasteiger partial charge is 0.481 e. The Balaban J connectivity index is 1.38. The van der Waals surface area contributed by atoms with Gasteiger partial charge in [-0.15, -0.1) is 0 Å². The highest BCUT2D eigenvalue weighted by atomic mass is 16.5. The second-order valence-electron chi connectivity index (χ2n) is 8.25. The number of carbonyl (C=O) groups excluding carboxylic acids is 1. The number of pyridine rings is 3. The van der Waals surface area contributed by atoms with E-state index in [1.807, 2.05) is 54.6 Å². The van der Waals surface area contributed by atoms with Crippen molar-refractivity contribution < 1.29 is 9.53 Å². The molecule has 0 aliphatic carbocycles. The number of nitrogens with zero attached hydrogens (tertiary/aromatic N) is 3. The molecule has 0 fully saturated rings. The van der Waals surface area contributed by atoms with Crippen molar-refractivity contribution in [3.63, 3.8) is 0 Å². The Morgan fingerprint density at radius 1 is 0.971 bits per heavy atom. The number of amides is 1. The second kappa shape index (κ2) is 7.81. The van der Waals surface area contributed by atoms with E-state index in [1.165, 1.54) is 0 Å². The van der Waals surface area contributed by atoms with Gasteiger partial charge in [-0.3, -0.25) is 24.0 Å². The van der Waals surface area contributed by atoms with Crippen molar-refractivity contribution in [1.82, 2.24) is 19.7 Å². The van der Waals surface area contributed by atoms with E-state index in [9.17, 15) is 9.59 Å². The Morgan fingerprint density at radius 3 is 2.59 bits per heavy atom. The van der Waals surface area contributed by atoms with Gasteiger partial charge in [-0.1, -0.05) is 18.2 Å². The van der Waals surface area contributed by atoms with Crippen LogP contribution in [0, 0.1) is 0 Å². The monoisotopic (exact) mass is 448 g/mol. The molecule has 0 aliphatic heterocycles. The average molecular weight is 448 g/mol. The fourth-order valence-corrected chi connectivity index (χ4v) is 4.51. The number of rotatable bonds is 5. The Hall–Kier alpha value is -4.52. The first-order valence-electron chi connectivity index (χ1n) is 11.0. The molecule has 166 valence electrons. The van der Waals surface area contributed by atoms with Gasteiger partial charge in [0, 0.05) is 46.7 Å². The molecule has 2 aromatic carbocycles. The molecule has 1 unspecified atom stereocenters. The molecule has 7 heteroatoms. The summed E-state index contributed by atoms with van der Waals surface area (Å²) in [7, 11) is 0. The van der Waals surface area contributed by atoms with Gasteiger partial charge in [-0.25, -0.2) is 0 Å². The SMILES string of the molecule is CC(Oc1ccc2c(c1)c1ccnc3c4ccccc4c(=O)n2c13)C(=O)NCc1ccncc1. The van der Waals surface area contributed by atoms with Crippen molar-refractivity contribution in [2.24, 2.45) is 0 Å². The Morgan fingerprint density at radius 2 is 1.76 bits per heavy atom. The maximum atomic E-state index is 13.4. The number of fused-ring (bicyclic) bond motifs is 5. The van der Waals surface area contributed by atoms with Gasteiger partial charge in [-0.05, 0) is 55.0 Å². The summed E-state index contributed by atoms with van der Waals surface area (Å²) in [4.78, 5) is 34.5. The van der Waals surface area contributed by atoms with Crippen molar-refractivity contribution in [3.8, 4) is 5.75 Å². The van der Waals surface area contributed by atoms with Crippen LogP contribution >= 0.6 is 0 Å². The predicted octanol–water partition coefficient (Wildman–Crippen LogP) is 4.07. The summed E-state index contributed by atoms with van der Waals surface area (Å²) in [5, 5.41) is 6.15. The lowest BCUT2D eigenvalue weighted by molar-refractivity contribution is -0.127. The molecule has 0 aliphatic rings. The molecule has 1 N–H and O–H groups in total. The normalized spacial score (nSPS) is 12.5. The van der Waals surface area contributed by atoms with E-state index in [4.69, 9.17) is 4.74 Å². The van der Waals surface area contributed by atoms with Crippen LogP contribution in [0.25, 0.3) is 38.1 Å². The van der Waals surface area contributed by atoms with Crippen LogP contribution in [-0.2, 0) is 11.3 Å². The molecule has 34 heavy (non-hydrogen) atoms. The molecule has 0 bridgehead atoms. The van der Waals surface area contributed by atoms with E-state index in [-0.39, 0.29) is 11.5 Å². The van der Waals surface area contributed by atoms with Crippen LogP contribution in [0.5, 0.6) is 5.75 Å². The van der Waals surface area contributed by atoms with E-state index in [1.54, 1.807) is 36.0 Å². The lowest BCUT2D eigenvalue weighted by atomic mass is 10.1. The van der Waals surface area contributed by atoms with Gasteiger partial charge < -0.3 is 10.1 Å². The quantitative estimate of drug-likeness (QED) is 0.402. The minimum absolute atomic E-state index is 0.0753. The average Bonchev–Trinajstić information content (AvgIpc) is 3.21. The standard InChI is InChI=1S/C27H20N4O3/c1-16(26(32)30-15-17-8-11-28-12-9-17)34-18-6-7-23-22(14-18)20-10-13-29-24-19-4-2-3-5-21(19)27(33)31(23)25(20)24/h2-14,16H,15H2,1H3,(H,30,32). The van der Waals surface area contributed by atoms with Gasteiger partial charge in [0.1, 0.15) is 5.75 Å². The molecule has 0 saturated carbocycles. The van der Waals surface area contributed by atoms with E-state index in [2.05, 4.69) is 15.3 Å². The summed E-state index contributed by atoms with van der Waals surface area (Å²) < 4.78 is 7.69. The topological polar surface area (TPSA) is 85.6 Å². The summed E-state index contributed by atoms with van der Waals surface area (Å²) in [5.41, 5.74) is 3.25. The van der Waals surface area contributed by atoms with Crippen LogP contribution in [0.15, 0.2) is 84.0 Å². The molecule has 6 aromatic rings. The lowest BCUT2D eigenvalue weighted by Crippen LogP contribution is -2.35. The molecular weight excluding hydrogens is 428 g/mol. The summed E-state index contributed by atoms with van der Waals surface area (Å²) >= 11 is 0. The number of benzene rings is 2. The van der Waals surface area contributed by atoms with Gasteiger partial charge in [0.2, 0.25) is 0 Å². The van der Waals surface area contributed by atoms with Crippen molar-refractivity contribution in [3.05, 3.63) is 95.2 Å². The number of carbonyl (C=O) groups is 1. The Labute approximate surface area is 194 Å². The van der Waals surface area contributed by atoms with E-state index < -0.39 is 6.10 Å². The van der Waals surface area contributed by atoms with Gasteiger partial charge in [0.05, 0.1) is 16.6 Å². The fourth-order valence-electron chi connectivity index (χ4n) is 4.51. The molecule has 7 nitrogen and oxygen atoms in total. The van der Waals surface area contributed by atoms with Crippen LogP contribution in [0.2, 0.25) is 0 Å². The number of aromatic nitrogens is 3.